The zero-order valence-corrected chi connectivity index (χ0v) is 80.3. The van der Waals surface area contributed by atoms with Crippen molar-refractivity contribution in [1.29, 1.82) is 0 Å². The number of benzene rings is 6. The molecule has 6 aromatic carbocycles. The van der Waals surface area contributed by atoms with Gasteiger partial charge in [-0.1, -0.05) is 117 Å². The SMILES string of the molecule is C.CN(C)c1ccc(/C2=C\C=CC(=C3C=CC(=[N+](C)C)C=C3)c3ccc(cc3)OCCN(SOOC(F)(F)F)C(=O)C(=O)N(S(=O)(=O)C(F)(F)F)CCOc3ccc2cc3)cc1.CN(C)c1ccc(/C2=C\C=CC(=C3C=CC(=[N+](C)C)C=C3)c3ccc(cc3)OCCN(SOOC(F)(F)F)C(=O)C(=O)N(S(=O)(=O)C(F)(F)F)CCOc3ccc2cc3)cc1.Nc1ccn([C@H]2CCC(CO)O2)c(=O)n1.[H-].[Na+]. The van der Waals surface area contributed by atoms with Crippen LogP contribution in [0.15, 0.2) is 259 Å². The van der Waals surface area contributed by atoms with Crippen LogP contribution in [0.3, 0.4) is 0 Å². The Morgan fingerprint density at radius 1 is 0.460 bits per heavy atom. The Hall–Kier alpha value is -12.1. The number of alkyl halides is 12. The second kappa shape index (κ2) is 50.2. The molecule has 7 aromatic rings. The van der Waals surface area contributed by atoms with Gasteiger partial charge >= 0.3 is 103 Å². The predicted octanol–water partition coefficient (Wildman–Crippen LogP) is 11.9. The number of ether oxygens (including phenoxy) is 5. The third kappa shape index (κ3) is 31.5. The Kier molecular flexibility index (Phi) is 40.5. The van der Waals surface area contributed by atoms with Gasteiger partial charge < -0.3 is 45.8 Å². The summed E-state index contributed by atoms with van der Waals surface area (Å²) in [6, 6.07) is 42.9. The first-order chi connectivity index (χ1) is 64.7. The van der Waals surface area contributed by atoms with E-state index in [1.165, 1.54) is 28.8 Å². The minimum absolute atomic E-state index is 0. The van der Waals surface area contributed by atoms with Crippen LogP contribution in [0.4, 0.5) is 69.9 Å². The van der Waals surface area contributed by atoms with E-state index in [4.69, 9.17) is 34.5 Å². The third-order valence-corrected chi connectivity index (χ3v) is 24.5. The van der Waals surface area contributed by atoms with E-state index in [9.17, 15) is 93.5 Å². The van der Waals surface area contributed by atoms with Crippen molar-refractivity contribution in [3.05, 3.63) is 298 Å². The first-order valence-corrected chi connectivity index (χ1v) is 45.2. The number of hydrogen-bond donors (Lipinski definition) is 2. The van der Waals surface area contributed by atoms with Gasteiger partial charge in [0.1, 0.15) is 89.7 Å². The van der Waals surface area contributed by atoms with E-state index in [0.29, 0.717) is 17.5 Å². The summed E-state index contributed by atoms with van der Waals surface area (Å²) in [6.45, 7) is -7.10. The summed E-state index contributed by atoms with van der Waals surface area (Å²) in [5.41, 5.74) is 6.15. The topological polar surface area (TPSA) is 326 Å². The first kappa shape index (κ1) is 112. The summed E-state index contributed by atoms with van der Waals surface area (Å²) < 4.78 is 249. The van der Waals surface area contributed by atoms with Gasteiger partial charge in [-0.15, -0.1) is 44.8 Å². The summed E-state index contributed by atoms with van der Waals surface area (Å²) >= 11 is -1.04. The van der Waals surface area contributed by atoms with Gasteiger partial charge in [-0.3, -0.25) is 23.7 Å². The van der Waals surface area contributed by atoms with Crippen molar-refractivity contribution in [3.63, 3.8) is 0 Å². The van der Waals surface area contributed by atoms with E-state index >= 15 is 0 Å². The fourth-order valence-corrected chi connectivity index (χ4v) is 15.8. The summed E-state index contributed by atoms with van der Waals surface area (Å²) in [4.78, 5) is 78.3. The number of carbonyl (C=O) groups is 4. The quantitative estimate of drug-likeness (QED) is 0.0149. The molecule has 0 radical (unpaired) electrons. The molecule has 7 aliphatic heterocycles. The minimum Gasteiger partial charge on any atom is -1.00 e. The molecule has 8 heterocycles. The van der Waals surface area contributed by atoms with Crippen molar-refractivity contribution in [1.82, 2.24) is 26.8 Å². The molecule has 8 bridgehead atoms. The van der Waals surface area contributed by atoms with Crippen molar-refractivity contribution in [2.75, 3.05) is 131 Å². The number of nitrogens with two attached hydrogens (primary N) is 1. The van der Waals surface area contributed by atoms with E-state index in [-0.39, 0.29) is 94.8 Å². The number of allylic oxidation sites excluding steroid dienone is 18. The third-order valence-electron chi connectivity index (χ3n) is 20.1. The fourth-order valence-electron chi connectivity index (χ4n) is 13.1. The number of carbonyl (C=O) groups excluding carboxylic acids is 4. The molecule has 2 aliphatic carbocycles. The van der Waals surface area contributed by atoms with Gasteiger partial charge in [-0.2, -0.15) is 48.2 Å². The molecule has 1 fully saturated rings. The molecule has 30 nitrogen and oxygen atoms in total. The fraction of sp³-hybridized carbons (Fsp3) is 0.283. The monoisotopic (exact) mass is 2040 g/mol. The van der Waals surface area contributed by atoms with Crippen LogP contribution in [-0.4, -0.2) is 238 Å². The first-order valence-electron chi connectivity index (χ1n) is 40.9. The maximum atomic E-state index is 13.8. The van der Waals surface area contributed by atoms with Crippen LogP contribution in [0, 0.1) is 0 Å². The van der Waals surface area contributed by atoms with E-state index < -0.39 is 159 Å². The van der Waals surface area contributed by atoms with Crippen molar-refractivity contribution < 1.29 is 176 Å². The number of rotatable bonds is 14. The van der Waals surface area contributed by atoms with E-state index in [2.05, 4.69) is 23.4 Å². The van der Waals surface area contributed by atoms with Crippen molar-refractivity contribution >= 4 is 119 Å². The second-order valence-corrected chi connectivity index (χ2v) is 35.5. The molecule has 0 spiro atoms. The molecule has 3 N–H and O–H groups in total. The molecule has 2 atom stereocenters. The molecular formula is C92H96F12N11NaO19S4+2. The number of hydrogen-bond acceptors (Lipinski definition) is 25. The molecule has 1 aromatic heterocycles. The molecule has 1 saturated heterocycles. The standard InChI is InChI=1S/2C41H39F6N4O8S2.C9H13N3O3.CH4.Na.H/c2*1-48(2)32-16-8-28(9-17-32)36-6-5-7-37(29-10-18-33(19-11-29)49(3)4)31-14-22-35(23-15-31)57-27-25-51(61(54,55)41(45,46)47)39(53)38(52)50(60-59-58-40(42,43)44)24-26-56-34-20-12-30(36)13-21-34;10-7-3-4-12(9(14)11-7)8-2-1-6(5-13)15-8;;;/h2*5-23H,24-27H2,1-4H3;3-4,6,8,13H,1-2,5H2,(H2,10,11,14);1H4;;/q2*+1;;;+1;-1/t;;6?,8-;;;/m..1.../s1. The number of amides is 4. The van der Waals surface area contributed by atoms with Crippen LogP contribution < -0.4 is 69.7 Å². The van der Waals surface area contributed by atoms with E-state index in [1.807, 2.05) is 209 Å². The maximum absolute atomic E-state index is 13.8. The van der Waals surface area contributed by atoms with Gasteiger partial charge in [0.2, 0.25) is 0 Å². The predicted molar refractivity (Wildman–Crippen MR) is 496 cm³/mol. The number of aliphatic hydroxyl groups excluding tert-OH is 1. The van der Waals surface area contributed by atoms with Crippen LogP contribution in [0.25, 0.3) is 22.3 Å². The Morgan fingerprint density at radius 3 is 1.06 bits per heavy atom. The van der Waals surface area contributed by atoms with Gasteiger partial charge in [0.15, 0.2) is 35.9 Å². The van der Waals surface area contributed by atoms with Crippen LogP contribution in [0.5, 0.6) is 23.0 Å². The number of sulfonamides is 2. The van der Waals surface area contributed by atoms with Crippen LogP contribution in [-0.2, 0) is 62.4 Å². The van der Waals surface area contributed by atoms with Crippen LogP contribution >= 0.6 is 24.5 Å². The summed E-state index contributed by atoms with van der Waals surface area (Å²) in [6.07, 6.45) is 18.9. The van der Waals surface area contributed by atoms with E-state index in [0.717, 1.165) is 84.9 Å². The van der Waals surface area contributed by atoms with Crippen LogP contribution in [0.2, 0.25) is 0 Å². The Balaban J connectivity index is 0.000000324. The number of anilines is 3. The van der Waals surface area contributed by atoms with Gasteiger partial charge in [0.25, 0.3) is 0 Å². The molecular weight excluding hydrogens is 1940 g/mol. The smallest absolute Gasteiger partial charge is 1.00 e. The Labute approximate surface area is 824 Å². The van der Waals surface area contributed by atoms with Crippen LogP contribution in [0.1, 0.15) is 61.3 Å². The zero-order chi connectivity index (χ0) is 99.9. The number of nitrogen functional groups attached to an aromatic ring is 1. The van der Waals surface area contributed by atoms with Crippen molar-refractivity contribution in [3.8, 4) is 23.0 Å². The van der Waals surface area contributed by atoms with Crippen molar-refractivity contribution in [2.45, 2.75) is 56.3 Å². The minimum atomic E-state index is -6.53. The average Bonchev–Trinajstić information content (AvgIpc) is 0.890. The molecule has 139 heavy (non-hydrogen) atoms. The Morgan fingerprint density at radius 2 is 0.777 bits per heavy atom. The molecule has 4 amide bonds. The summed E-state index contributed by atoms with van der Waals surface area (Å²) in [7, 11) is 2.27. The second-order valence-electron chi connectivity index (χ2n) is 30.3. The number of fused-ring (bicyclic) bond motifs is 4. The zero-order valence-electron chi connectivity index (χ0n) is 76.0. The summed E-state index contributed by atoms with van der Waals surface area (Å²) in [5.74, 6) is -7.84. The molecule has 0 saturated carbocycles. The normalized spacial score (nSPS) is 17.7. The van der Waals surface area contributed by atoms with Crippen molar-refractivity contribution in [2.24, 2.45) is 0 Å². The molecule has 16 rings (SSSR count). The number of halogens is 12. The van der Waals surface area contributed by atoms with Gasteiger partial charge in [0, 0.05) is 70.1 Å². The van der Waals surface area contributed by atoms with Gasteiger partial charge in [-0.05, 0) is 183 Å². The largest absolute Gasteiger partial charge is 1.00 e. The number of aliphatic hydroxyl groups is 1. The maximum Gasteiger partial charge on any atom is 1.00 e. The van der Waals surface area contributed by atoms with Gasteiger partial charge in [0.05, 0.1) is 38.9 Å². The van der Waals surface area contributed by atoms with Gasteiger partial charge in [-0.25, -0.2) is 31.2 Å². The molecule has 1 unspecified atom stereocenters. The average molecular weight is 2040 g/mol. The number of nitrogens with zero attached hydrogens (tertiary/aromatic N) is 10. The summed E-state index contributed by atoms with van der Waals surface area (Å²) in [5, 5.41) is 8.90. The number of aromatic nitrogens is 2. The molecule has 9 aliphatic rings. The Bertz CT molecular complexity index is 5820. The molecule has 47 heteroatoms. The molecule has 740 valence electrons. The van der Waals surface area contributed by atoms with E-state index in [1.54, 1.807) is 85.1 Å².